The molecule has 1 saturated heterocycles. The van der Waals surface area contributed by atoms with Gasteiger partial charge in [-0.25, -0.2) is 4.39 Å². The maximum Gasteiger partial charge on any atom is 0.256 e. The highest BCUT2D eigenvalue weighted by molar-refractivity contribution is 5.94. The van der Waals surface area contributed by atoms with E-state index in [9.17, 15) is 9.18 Å². The molecule has 2 unspecified atom stereocenters. The first-order chi connectivity index (χ1) is 9.01. The van der Waals surface area contributed by atoms with E-state index in [0.717, 1.165) is 0 Å². The number of carbonyl (C=O) groups is 1. The maximum absolute atomic E-state index is 13.9. The van der Waals surface area contributed by atoms with Crippen LogP contribution >= 0.6 is 0 Å². The van der Waals surface area contributed by atoms with Crippen LogP contribution in [-0.2, 0) is 0 Å². The number of rotatable bonds is 2. The zero-order chi connectivity index (χ0) is 14.0. The molecule has 0 aromatic heterocycles. The highest BCUT2D eigenvalue weighted by Crippen LogP contribution is 2.19. The third-order valence-corrected chi connectivity index (χ3v) is 3.25. The molecule has 4 nitrogen and oxygen atoms in total. The second-order valence-electron chi connectivity index (χ2n) is 5.02. The van der Waals surface area contributed by atoms with Gasteiger partial charge in [-0.15, -0.1) is 0 Å². The van der Waals surface area contributed by atoms with E-state index >= 15 is 0 Å². The summed E-state index contributed by atoms with van der Waals surface area (Å²) in [5.74, 6) is -0.389. The molecule has 0 radical (unpaired) electrons. The van der Waals surface area contributed by atoms with E-state index in [1.165, 1.54) is 19.2 Å². The summed E-state index contributed by atoms with van der Waals surface area (Å²) in [5.41, 5.74) is 0.0992. The zero-order valence-electron chi connectivity index (χ0n) is 11.4. The van der Waals surface area contributed by atoms with Gasteiger partial charge in [0.15, 0.2) is 0 Å². The lowest BCUT2D eigenvalue weighted by molar-refractivity contribution is 0.0669. The quantitative estimate of drug-likeness (QED) is 0.885. The number of carbonyl (C=O) groups excluding carboxylic acids is 1. The lowest BCUT2D eigenvalue weighted by Crippen LogP contribution is -2.55. The number of amides is 1. The summed E-state index contributed by atoms with van der Waals surface area (Å²) in [7, 11) is 1.47. The number of halogens is 1. The van der Waals surface area contributed by atoms with Crippen LogP contribution in [0.1, 0.15) is 24.2 Å². The van der Waals surface area contributed by atoms with E-state index in [-0.39, 0.29) is 23.6 Å². The molecule has 19 heavy (non-hydrogen) atoms. The van der Waals surface area contributed by atoms with Gasteiger partial charge >= 0.3 is 0 Å². The number of methoxy groups -OCH3 is 1. The van der Waals surface area contributed by atoms with Crippen molar-refractivity contribution >= 4 is 5.91 Å². The molecule has 0 spiro atoms. The third kappa shape index (κ3) is 3.04. The van der Waals surface area contributed by atoms with E-state index in [2.05, 4.69) is 5.32 Å². The molecule has 0 bridgehead atoms. The maximum atomic E-state index is 13.9. The minimum absolute atomic E-state index is 0.0992. The molecule has 1 amide bonds. The minimum atomic E-state index is -0.539. The van der Waals surface area contributed by atoms with E-state index in [0.29, 0.717) is 18.8 Å². The first kappa shape index (κ1) is 13.8. The van der Waals surface area contributed by atoms with Gasteiger partial charge in [0.2, 0.25) is 0 Å². The monoisotopic (exact) mass is 266 g/mol. The van der Waals surface area contributed by atoms with Crippen molar-refractivity contribution in [3.8, 4) is 5.75 Å². The lowest BCUT2D eigenvalue weighted by atomic mass is 10.1. The van der Waals surface area contributed by atoms with Crippen LogP contribution in [0, 0.1) is 5.82 Å². The molecule has 1 fully saturated rings. The Balaban J connectivity index is 2.19. The molecule has 0 saturated carbocycles. The molecular formula is C14H19FN2O2. The Morgan fingerprint density at radius 1 is 1.37 bits per heavy atom. The normalized spacial score (nSPS) is 23.3. The minimum Gasteiger partial charge on any atom is -0.497 e. The van der Waals surface area contributed by atoms with Gasteiger partial charge in [-0.05, 0) is 26.0 Å². The molecule has 2 rings (SSSR count). The Bertz CT molecular complexity index is 469. The van der Waals surface area contributed by atoms with Crippen molar-refractivity contribution in [3.63, 3.8) is 0 Å². The standard InChI is InChI=1S/C14H19FN2O2/c1-9-7-17(8-10(2)16-9)14(18)12-5-4-11(19-3)6-13(12)15/h4-6,9-10,16H,7-8H2,1-3H3. The van der Waals surface area contributed by atoms with Crippen molar-refractivity contribution in [2.45, 2.75) is 25.9 Å². The first-order valence-corrected chi connectivity index (χ1v) is 6.40. The highest BCUT2D eigenvalue weighted by atomic mass is 19.1. The smallest absolute Gasteiger partial charge is 0.256 e. The van der Waals surface area contributed by atoms with Crippen LogP contribution in [0.15, 0.2) is 18.2 Å². The number of hydrogen-bond donors (Lipinski definition) is 1. The van der Waals surface area contributed by atoms with Crippen molar-refractivity contribution in [3.05, 3.63) is 29.6 Å². The van der Waals surface area contributed by atoms with Gasteiger partial charge in [0.25, 0.3) is 5.91 Å². The Hall–Kier alpha value is -1.62. The van der Waals surface area contributed by atoms with E-state index in [4.69, 9.17) is 4.74 Å². The summed E-state index contributed by atoms with van der Waals surface area (Å²) in [5, 5.41) is 3.34. The molecule has 1 N–H and O–H groups in total. The van der Waals surface area contributed by atoms with Crippen molar-refractivity contribution in [2.24, 2.45) is 0 Å². The van der Waals surface area contributed by atoms with Gasteiger partial charge < -0.3 is 15.0 Å². The molecule has 1 heterocycles. The molecule has 1 aromatic carbocycles. The second kappa shape index (κ2) is 5.57. The van der Waals surface area contributed by atoms with Crippen LogP contribution in [0.5, 0.6) is 5.75 Å². The average molecular weight is 266 g/mol. The highest BCUT2D eigenvalue weighted by Gasteiger charge is 2.27. The average Bonchev–Trinajstić information content (AvgIpc) is 2.36. The lowest BCUT2D eigenvalue weighted by Gasteiger charge is -2.36. The molecule has 1 aliphatic rings. The number of ether oxygens (including phenoxy) is 1. The SMILES string of the molecule is COc1ccc(C(=O)N2CC(C)NC(C)C2)c(F)c1. The van der Waals surface area contributed by atoms with Crippen LogP contribution in [-0.4, -0.2) is 43.1 Å². The van der Waals surface area contributed by atoms with Crippen LogP contribution in [0.25, 0.3) is 0 Å². The first-order valence-electron chi connectivity index (χ1n) is 6.40. The van der Waals surface area contributed by atoms with Crippen molar-refractivity contribution in [2.75, 3.05) is 20.2 Å². The predicted molar refractivity (Wildman–Crippen MR) is 70.9 cm³/mol. The van der Waals surface area contributed by atoms with Crippen LogP contribution in [0.4, 0.5) is 4.39 Å². The third-order valence-electron chi connectivity index (χ3n) is 3.25. The number of piperazine rings is 1. The van der Waals surface area contributed by atoms with Gasteiger partial charge in [0, 0.05) is 31.2 Å². The topological polar surface area (TPSA) is 41.6 Å². The fourth-order valence-electron chi connectivity index (χ4n) is 2.46. The summed E-state index contributed by atoms with van der Waals surface area (Å²) in [6.45, 7) is 5.21. The number of hydrogen-bond acceptors (Lipinski definition) is 3. The molecular weight excluding hydrogens is 247 g/mol. The molecule has 5 heteroatoms. The fourth-order valence-corrected chi connectivity index (χ4v) is 2.46. The molecule has 0 aliphatic carbocycles. The van der Waals surface area contributed by atoms with Crippen molar-refractivity contribution in [1.29, 1.82) is 0 Å². The van der Waals surface area contributed by atoms with Gasteiger partial charge in [-0.1, -0.05) is 0 Å². The molecule has 2 atom stereocenters. The Labute approximate surface area is 112 Å². The number of nitrogens with one attached hydrogen (secondary N) is 1. The summed E-state index contributed by atoms with van der Waals surface area (Å²) < 4.78 is 18.8. The second-order valence-corrected chi connectivity index (χ2v) is 5.02. The van der Waals surface area contributed by atoms with Gasteiger partial charge in [0.05, 0.1) is 12.7 Å². The number of benzene rings is 1. The van der Waals surface area contributed by atoms with Crippen LogP contribution in [0.2, 0.25) is 0 Å². The van der Waals surface area contributed by atoms with E-state index in [1.54, 1.807) is 11.0 Å². The summed E-state index contributed by atoms with van der Waals surface area (Å²) >= 11 is 0. The largest absolute Gasteiger partial charge is 0.497 e. The summed E-state index contributed by atoms with van der Waals surface area (Å²) in [4.78, 5) is 14.0. The van der Waals surface area contributed by atoms with Crippen LogP contribution < -0.4 is 10.1 Å². The van der Waals surface area contributed by atoms with Gasteiger partial charge in [0.1, 0.15) is 11.6 Å². The molecule has 1 aromatic rings. The number of nitrogens with zero attached hydrogens (tertiary/aromatic N) is 1. The molecule has 1 aliphatic heterocycles. The molecule has 104 valence electrons. The zero-order valence-corrected chi connectivity index (χ0v) is 11.4. The Morgan fingerprint density at radius 3 is 2.53 bits per heavy atom. The van der Waals surface area contributed by atoms with Crippen molar-refractivity contribution < 1.29 is 13.9 Å². The Morgan fingerprint density at radius 2 is 2.00 bits per heavy atom. The van der Waals surface area contributed by atoms with Crippen molar-refractivity contribution in [1.82, 2.24) is 10.2 Å². The predicted octanol–water partition coefficient (Wildman–Crippen LogP) is 1.66. The fraction of sp³-hybridized carbons (Fsp3) is 0.500. The Kier molecular flexibility index (Phi) is 4.04. The van der Waals surface area contributed by atoms with Gasteiger partial charge in [-0.2, -0.15) is 0 Å². The summed E-state index contributed by atoms with van der Waals surface area (Å²) in [6, 6.07) is 4.75. The van der Waals surface area contributed by atoms with Crippen LogP contribution in [0.3, 0.4) is 0 Å². The van der Waals surface area contributed by atoms with E-state index < -0.39 is 5.82 Å². The van der Waals surface area contributed by atoms with E-state index in [1.807, 2.05) is 13.8 Å². The summed E-state index contributed by atoms with van der Waals surface area (Å²) in [6.07, 6.45) is 0. The van der Waals surface area contributed by atoms with Gasteiger partial charge in [-0.3, -0.25) is 4.79 Å².